The maximum absolute atomic E-state index is 10.5. The first-order valence-electron chi connectivity index (χ1n) is 11.3. The number of rotatable bonds is 8. The van der Waals surface area contributed by atoms with Crippen LogP contribution in [0.25, 0.3) is 0 Å². The number of aliphatic hydroxyl groups excluding tert-OH is 4. The lowest BCUT2D eigenvalue weighted by Crippen LogP contribution is -2.59. The summed E-state index contributed by atoms with van der Waals surface area (Å²) in [5.74, 6) is 1.36. The van der Waals surface area contributed by atoms with E-state index in [2.05, 4.69) is 0 Å². The number of benzene rings is 3. The van der Waals surface area contributed by atoms with Gasteiger partial charge in [-0.15, -0.1) is 0 Å². The van der Waals surface area contributed by atoms with Crippen molar-refractivity contribution >= 4 is 0 Å². The summed E-state index contributed by atoms with van der Waals surface area (Å²) in [4.78, 5) is 0. The van der Waals surface area contributed by atoms with Crippen LogP contribution in [0.2, 0.25) is 0 Å². The van der Waals surface area contributed by atoms with Crippen molar-refractivity contribution in [1.29, 1.82) is 0 Å². The van der Waals surface area contributed by atoms with E-state index in [-0.39, 0.29) is 6.61 Å². The fraction of sp³-hybridized carbons (Fsp3) is 0.333. The first-order chi connectivity index (χ1) is 16.9. The fourth-order valence-electron chi connectivity index (χ4n) is 4.35. The molecule has 0 saturated carbocycles. The molecule has 1 aliphatic rings. The fourth-order valence-corrected chi connectivity index (χ4v) is 4.35. The van der Waals surface area contributed by atoms with E-state index in [1.165, 1.54) is 0 Å². The number of methoxy groups -OCH3 is 2. The van der Waals surface area contributed by atoms with E-state index in [9.17, 15) is 20.4 Å². The Morgan fingerprint density at radius 1 is 0.657 bits per heavy atom. The van der Waals surface area contributed by atoms with Crippen LogP contribution >= 0.6 is 0 Å². The molecule has 0 radical (unpaired) electrons. The number of aliphatic hydroxyl groups is 4. The zero-order valence-corrected chi connectivity index (χ0v) is 19.5. The molecule has 8 nitrogen and oxygen atoms in total. The smallest absolute Gasteiger partial charge is 0.184 e. The van der Waals surface area contributed by atoms with Crippen molar-refractivity contribution in [2.45, 2.75) is 36.3 Å². The van der Waals surface area contributed by atoms with Gasteiger partial charge in [0.15, 0.2) is 6.29 Å². The zero-order valence-electron chi connectivity index (χ0n) is 19.5. The lowest BCUT2D eigenvalue weighted by Gasteiger charge is -2.41. The molecule has 0 aromatic heterocycles. The first kappa shape index (κ1) is 25.1. The second kappa shape index (κ2) is 10.7. The molecular weight excluding hydrogens is 452 g/mol. The highest BCUT2D eigenvalue weighted by atomic mass is 16.6. The van der Waals surface area contributed by atoms with Crippen LogP contribution in [-0.4, -0.2) is 72.0 Å². The molecule has 4 rings (SSSR count). The molecule has 0 unspecified atom stereocenters. The second-order valence-electron chi connectivity index (χ2n) is 8.35. The summed E-state index contributed by atoms with van der Waals surface area (Å²) in [6, 6.07) is 24.4. The van der Waals surface area contributed by atoms with Gasteiger partial charge in [-0.3, -0.25) is 0 Å². The molecule has 4 N–H and O–H groups in total. The van der Waals surface area contributed by atoms with Crippen molar-refractivity contribution in [2.24, 2.45) is 0 Å². The Hall–Kier alpha value is -2.98. The van der Waals surface area contributed by atoms with Gasteiger partial charge in [0, 0.05) is 0 Å². The molecule has 1 heterocycles. The largest absolute Gasteiger partial charge is 0.497 e. The maximum Gasteiger partial charge on any atom is 0.184 e. The zero-order chi connectivity index (χ0) is 25.0. The molecule has 1 aliphatic heterocycles. The van der Waals surface area contributed by atoms with Crippen LogP contribution < -0.4 is 9.47 Å². The van der Waals surface area contributed by atoms with Crippen molar-refractivity contribution in [2.75, 3.05) is 20.8 Å². The molecule has 0 spiro atoms. The van der Waals surface area contributed by atoms with E-state index in [0.717, 1.165) is 16.7 Å². The van der Waals surface area contributed by atoms with Crippen LogP contribution in [0.15, 0.2) is 78.9 Å². The standard InChI is InChI=1S/C27H30O8/c1-32-20-12-8-18(9-13-20)27(17-6-4-3-5-7-17,19-10-14-21(33-2)15-11-19)34-16-22-23(28)24(29)25(30)26(31)35-22/h3-15,22-26,28-31H,16H2,1-2H3/t22-,23+,24+,25-,26-/m1/s1. The highest BCUT2D eigenvalue weighted by Gasteiger charge is 2.45. The molecule has 8 heteroatoms. The molecule has 0 aliphatic carbocycles. The maximum atomic E-state index is 10.5. The molecule has 5 atom stereocenters. The van der Waals surface area contributed by atoms with Crippen LogP contribution in [-0.2, 0) is 15.1 Å². The van der Waals surface area contributed by atoms with Gasteiger partial charge in [0.2, 0.25) is 0 Å². The monoisotopic (exact) mass is 482 g/mol. The van der Waals surface area contributed by atoms with Crippen LogP contribution in [0.3, 0.4) is 0 Å². The molecule has 3 aromatic rings. The van der Waals surface area contributed by atoms with Crippen LogP contribution in [0, 0.1) is 0 Å². The number of ether oxygens (including phenoxy) is 4. The Labute approximate surface area is 203 Å². The lowest BCUT2D eigenvalue weighted by molar-refractivity contribution is -0.291. The van der Waals surface area contributed by atoms with Gasteiger partial charge in [0.05, 0.1) is 20.8 Å². The highest BCUT2D eigenvalue weighted by Crippen LogP contribution is 2.42. The van der Waals surface area contributed by atoms with Crippen molar-refractivity contribution < 1.29 is 39.4 Å². The first-order valence-corrected chi connectivity index (χ1v) is 11.3. The molecule has 3 aromatic carbocycles. The van der Waals surface area contributed by atoms with Gasteiger partial charge in [0.25, 0.3) is 0 Å². The van der Waals surface area contributed by atoms with Crippen LogP contribution in [0.1, 0.15) is 16.7 Å². The summed E-state index contributed by atoms with van der Waals surface area (Å²) < 4.78 is 22.7. The van der Waals surface area contributed by atoms with Crippen LogP contribution in [0.5, 0.6) is 11.5 Å². The molecule has 0 bridgehead atoms. The van der Waals surface area contributed by atoms with Gasteiger partial charge in [-0.2, -0.15) is 0 Å². The Morgan fingerprint density at radius 2 is 1.14 bits per heavy atom. The van der Waals surface area contributed by atoms with Gasteiger partial charge >= 0.3 is 0 Å². The topological polar surface area (TPSA) is 118 Å². The van der Waals surface area contributed by atoms with E-state index in [4.69, 9.17) is 18.9 Å². The number of hydrogen-bond acceptors (Lipinski definition) is 8. The third-order valence-corrected chi connectivity index (χ3v) is 6.32. The summed E-state index contributed by atoms with van der Waals surface area (Å²) in [7, 11) is 3.18. The molecule has 186 valence electrons. The molecular formula is C27H30O8. The normalized spacial score (nSPS) is 24.7. The third kappa shape index (κ3) is 4.90. The van der Waals surface area contributed by atoms with Crippen LogP contribution in [0.4, 0.5) is 0 Å². The average molecular weight is 483 g/mol. The minimum Gasteiger partial charge on any atom is -0.497 e. The second-order valence-corrected chi connectivity index (χ2v) is 8.35. The highest BCUT2D eigenvalue weighted by molar-refractivity contribution is 5.49. The van der Waals surface area contributed by atoms with Gasteiger partial charge in [0.1, 0.15) is 41.5 Å². The lowest BCUT2D eigenvalue weighted by atomic mass is 9.80. The Bertz CT molecular complexity index is 1020. The van der Waals surface area contributed by atoms with E-state index >= 15 is 0 Å². The summed E-state index contributed by atoms with van der Waals surface area (Å²) >= 11 is 0. The average Bonchev–Trinajstić information content (AvgIpc) is 2.91. The quantitative estimate of drug-likeness (QED) is 0.359. The number of hydrogen-bond donors (Lipinski definition) is 4. The summed E-state index contributed by atoms with van der Waals surface area (Å²) in [5, 5.41) is 40.5. The molecule has 1 saturated heterocycles. The Balaban J connectivity index is 1.82. The van der Waals surface area contributed by atoms with Crippen molar-refractivity contribution in [3.05, 3.63) is 95.6 Å². The Kier molecular flexibility index (Phi) is 7.71. The predicted octanol–water partition coefficient (Wildman–Crippen LogP) is 1.81. The van der Waals surface area contributed by atoms with Crippen molar-refractivity contribution in [3.63, 3.8) is 0 Å². The van der Waals surface area contributed by atoms with E-state index in [0.29, 0.717) is 11.5 Å². The van der Waals surface area contributed by atoms with E-state index < -0.39 is 36.3 Å². The van der Waals surface area contributed by atoms with E-state index in [1.54, 1.807) is 14.2 Å². The molecule has 35 heavy (non-hydrogen) atoms. The summed E-state index contributed by atoms with van der Waals surface area (Å²) in [6.45, 7) is -0.199. The van der Waals surface area contributed by atoms with Gasteiger partial charge < -0.3 is 39.4 Å². The van der Waals surface area contributed by atoms with Crippen molar-refractivity contribution in [1.82, 2.24) is 0 Å². The minimum absolute atomic E-state index is 0.199. The van der Waals surface area contributed by atoms with Gasteiger partial charge in [-0.05, 0) is 41.0 Å². The summed E-state index contributed by atoms with van der Waals surface area (Å²) in [6.07, 6.45) is -7.42. The van der Waals surface area contributed by atoms with E-state index in [1.807, 2.05) is 78.9 Å². The summed E-state index contributed by atoms with van der Waals surface area (Å²) in [5.41, 5.74) is 1.21. The Morgan fingerprint density at radius 3 is 1.63 bits per heavy atom. The van der Waals surface area contributed by atoms with Crippen molar-refractivity contribution in [3.8, 4) is 11.5 Å². The molecule has 1 fully saturated rings. The SMILES string of the molecule is COc1ccc(C(OC[C@H]2O[C@@H](O)[C@H](O)[C@@H](O)[C@H]2O)(c2ccccc2)c2ccc(OC)cc2)cc1. The predicted molar refractivity (Wildman–Crippen MR) is 127 cm³/mol. The van der Waals surface area contributed by atoms with Gasteiger partial charge in [-0.25, -0.2) is 0 Å². The third-order valence-electron chi connectivity index (χ3n) is 6.32. The minimum atomic E-state index is -1.66. The van der Waals surface area contributed by atoms with Gasteiger partial charge in [-0.1, -0.05) is 54.6 Å². The molecule has 0 amide bonds.